The number of hydrogen-bond donors (Lipinski definition) is 2. The van der Waals surface area contributed by atoms with Crippen molar-refractivity contribution < 1.29 is 22.8 Å². The van der Waals surface area contributed by atoms with Crippen molar-refractivity contribution in [2.45, 2.75) is 43.7 Å². The maximum Gasteiger partial charge on any atom is 0.253 e. The molecule has 2 heterocycles. The summed E-state index contributed by atoms with van der Waals surface area (Å²) in [7, 11) is -4.01. The maximum absolute atomic E-state index is 13.2. The van der Waals surface area contributed by atoms with Gasteiger partial charge in [-0.25, -0.2) is 8.42 Å². The number of fused-ring (bicyclic) bond motifs is 1. The molecule has 2 aromatic carbocycles. The van der Waals surface area contributed by atoms with Crippen molar-refractivity contribution in [3.8, 4) is 0 Å². The molecule has 39 heavy (non-hydrogen) atoms. The Bertz CT molecular complexity index is 1530. The first-order chi connectivity index (χ1) is 18.5. The van der Waals surface area contributed by atoms with Crippen LogP contribution in [0.1, 0.15) is 37.0 Å². The number of Topliss-reactive ketones (excluding diaryl/α,β-unsaturated/α-hetero) is 1. The highest BCUT2D eigenvalue weighted by atomic mass is 35.5. The first kappa shape index (κ1) is 28.9. The van der Waals surface area contributed by atoms with E-state index in [4.69, 9.17) is 23.2 Å². The number of benzene rings is 2. The predicted octanol–water partition coefficient (Wildman–Crippen LogP) is 3.83. The molecule has 1 aliphatic rings. The van der Waals surface area contributed by atoms with E-state index in [9.17, 15) is 22.8 Å². The summed E-state index contributed by atoms with van der Waals surface area (Å²) in [6, 6.07) is 11.2. The minimum atomic E-state index is -4.01. The van der Waals surface area contributed by atoms with Crippen LogP contribution in [0.15, 0.2) is 59.6 Å². The Morgan fingerprint density at radius 1 is 1.08 bits per heavy atom. The average Bonchev–Trinajstić information content (AvgIpc) is 3.09. The summed E-state index contributed by atoms with van der Waals surface area (Å²) in [6.45, 7) is 3.25. The Labute approximate surface area is 236 Å². The molecular formula is C27H28Cl2N4O5S. The van der Waals surface area contributed by atoms with Gasteiger partial charge in [0.15, 0.2) is 5.78 Å². The number of para-hydroxylation sites is 1. The van der Waals surface area contributed by atoms with Gasteiger partial charge < -0.3 is 10.6 Å². The number of sulfonamides is 1. The summed E-state index contributed by atoms with van der Waals surface area (Å²) in [5, 5.41) is 6.57. The number of nitrogens with one attached hydrogen (secondary N) is 2. The highest BCUT2D eigenvalue weighted by molar-refractivity contribution is 7.89. The molecule has 2 amide bonds. The van der Waals surface area contributed by atoms with Gasteiger partial charge in [0.25, 0.3) is 5.91 Å². The lowest BCUT2D eigenvalue weighted by Gasteiger charge is -2.25. The third kappa shape index (κ3) is 6.58. The summed E-state index contributed by atoms with van der Waals surface area (Å²) in [5.74, 6) is -1.72. The summed E-state index contributed by atoms with van der Waals surface area (Å²) >= 11 is 11.9. The molecule has 2 unspecified atom stereocenters. The van der Waals surface area contributed by atoms with E-state index in [0.717, 1.165) is 15.2 Å². The molecule has 0 bridgehead atoms. The summed E-state index contributed by atoms with van der Waals surface area (Å²) < 4.78 is 27.4. The number of halogens is 2. The smallest absolute Gasteiger partial charge is 0.253 e. The van der Waals surface area contributed by atoms with Crippen LogP contribution in [0.2, 0.25) is 10.0 Å². The largest absolute Gasteiger partial charge is 0.344 e. The molecule has 0 spiro atoms. The molecule has 1 aromatic heterocycles. The van der Waals surface area contributed by atoms with Gasteiger partial charge in [-0.05, 0) is 49.1 Å². The van der Waals surface area contributed by atoms with E-state index in [1.807, 2.05) is 24.3 Å². The fourth-order valence-corrected chi connectivity index (χ4v) is 6.19. The van der Waals surface area contributed by atoms with Crippen LogP contribution in [0.4, 0.5) is 0 Å². The summed E-state index contributed by atoms with van der Waals surface area (Å²) in [4.78, 5) is 43.5. The Kier molecular flexibility index (Phi) is 8.90. The van der Waals surface area contributed by atoms with E-state index >= 15 is 0 Å². The third-order valence-electron chi connectivity index (χ3n) is 6.55. The lowest BCUT2D eigenvalue weighted by Crippen LogP contribution is -2.54. The zero-order chi connectivity index (χ0) is 28.3. The van der Waals surface area contributed by atoms with E-state index in [1.165, 1.54) is 24.4 Å². The van der Waals surface area contributed by atoms with Crippen LogP contribution in [0, 0.1) is 5.92 Å². The molecule has 12 heteroatoms. The molecule has 2 N–H and O–H groups in total. The second kappa shape index (κ2) is 12.0. The van der Waals surface area contributed by atoms with E-state index in [2.05, 4.69) is 15.6 Å². The molecular weight excluding hydrogens is 563 g/mol. The molecule has 3 aromatic rings. The Hall–Kier alpha value is -3.05. The van der Waals surface area contributed by atoms with Gasteiger partial charge in [-0.3, -0.25) is 19.4 Å². The van der Waals surface area contributed by atoms with Gasteiger partial charge >= 0.3 is 0 Å². The number of ketones is 1. The normalized spacial score (nSPS) is 17.6. The van der Waals surface area contributed by atoms with Crippen LogP contribution in [-0.2, 0) is 19.6 Å². The van der Waals surface area contributed by atoms with Crippen molar-refractivity contribution >= 4 is 61.7 Å². The fraction of sp³-hybridized carbons (Fsp3) is 0.333. The Balaban J connectivity index is 1.44. The highest BCUT2D eigenvalue weighted by Gasteiger charge is 2.35. The lowest BCUT2D eigenvalue weighted by molar-refractivity contribution is -0.129. The van der Waals surface area contributed by atoms with Crippen LogP contribution in [-0.4, -0.2) is 60.5 Å². The molecule has 9 nitrogen and oxygen atoms in total. The average molecular weight is 592 g/mol. The second-order valence-electron chi connectivity index (χ2n) is 9.70. The van der Waals surface area contributed by atoms with E-state index in [-0.39, 0.29) is 33.8 Å². The Morgan fingerprint density at radius 2 is 1.82 bits per heavy atom. The van der Waals surface area contributed by atoms with Crippen LogP contribution in [0.25, 0.3) is 10.9 Å². The summed E-state index contributed by atoms with van der Waals surface area (Å²) in [5.41, 5.74) is 1.05. The van der Waals surface area contributed by atoms with Crippen LogP contribution in [0.3, 0.4) is 0 Å². The molecule has 1 fully saturated rings. The lowest BCUT2D eigenvalue weighted by atomic mass is 10.0. The monoisotopic (exact) mass is 590 g/mol. The number of nitrogens with zero attached hydrogens (tertiary/aromatic N) is 2. The summed E-state index contributed by atoms with van der Waals surface area (Å²) in [6.07, 6.45) is 2.05. The number of aromatic nitrogens is 1. The molecule has 1 aliphatic heterocycles. The molecule has 4 rings (SSSR count). The maximum atomic E-state index is 13.2. The van der Waals surface area contributed by atoms with E-state index < -0.39 is 46.2 Å². The zero-order valence-corrected chi connectivity index (χ0v) is 23.7. The highest BCUT2D eigenvalue weighted by Crippen LogP contribution is 2.27. The number of hydrogen-bond acceptors (Lipinski definition) is 6. The van der Waals surface area contributed by atoms with Gasteiger partial charge in [0, 0.05) is 18.1 Å². The van der Waals surface area contributed by atoms with Gasteiger partial charge in [0.05, 0.1) is 38.6 Å². The topological polar surface area (TPSA) is 126 Å². The molecule has 1 saturated heterocycles. The minimum absolute atomic E-state index is 0.0713. The molecule has 0 radical (unpaired) electrons. The first-order valence-corrected chi connectivity index (χ1v) is 14.6. The number of rotatable bonds is 7. The number of carbonyl (C=O) groups excluding carboxylic acids is 3. The number of carbonyl (C=O) groups is 3. The standard InChI is InChI=1S/C27H28Cl2N4O5S/c1-16(2)25(32-26(35)18-12-17-6-3-4-7-22(17)30-14-18)27(36)31-23-8-5-11-33(15-24(23)34)39(37,38)19-9-10-20(28)21(29)13-19/h3-4,6-7,9-10,12-14,16,23,25H,5,8,11,15H2,1-2H3,(H,31,36)(H,32,35). The van der Waals surface area contributed by atoms with Crippen molar-refractivity contribution in [2.24, 2.45) is 5.92 Å². The minimum Gasteiger partial charge on any atom is -0.344 e. The van der Waals surface area contributed by atoms with Crippen molar-refractivity contribution in [2.75, 3.05) is 13.1 Å². The van der Waals surface area contributed by atoms with Gasteiger partial charge in [0.2, 0.25) is 15.9 Å². The van der Waals surface area contributed by atoms with Gasteiger partial charge in [-0.1, -0.05) is 55.2 Å². The van der Waals surface area contributed by atoms with Crippen molar-refractivity contribution in [1.29, 1.82) is 0 Å². The SMILES string of the molecule is CC(C)C(NC(=O)c1cnc2ccccc2c1)C(=O)NC1CCCN(S(=O)(=O)c2ccc(Cl)c(Cl)c2)CC1=O. The molecule has 0 saturated carbocycles. The predicted molar refractivity (Wildman–Crippen MR) is 149 cm³/mol. The number of amides is 2. The van der Waals surface area contributed by atoms with E-state index in [0.29, 0.717) is 12.0 Å². The van der Waals surface area contributed by atoms with Crippen molar-refractivity contribution in [3.63, 3.8) is 0 Å². The number of pyridine rings is 1. The quantitative estimate of drug-likeness (QED) is 0.430. The van der Waals surface area contributed by atoms with E-state index in [1.54, 1.807) is 19.9 Å². The van der Waals surface area contributed by atoms with Gasteiger partial charge in [-0.2, -0.15) is 4.31 Å². The Morgan fingerprint density at radius 3 is 2.54 bits per heavy atom. The first-order valence-electron chi connectivity index (χ1n) is 12.4. The molecule has 2 atom stereocenters. The molecule has 0 aliphatic carbocycles. The zero-order valence-electron chi connectivity index (χ0n) is 21.4. The fourth-order valence-electron chi connectivity index (χ4n) is 4.36. The second-order valence-corrected chi connectivity index (χ2v) is 12.4. The van der Waals surface area contributed by atoms with Crippen molar-refractivity contribution in [3.05, 3.63) is 70.3 Å². The molecule has 206 valence electrons. The van der Waals surface area contributed by atoms with Gasteiger partial charge in [0.1, 0.15) is 6.04 Å². The van der Waals surface area contributed by atoms with Crippen LogP contribution >= 0.6 is 23.2 Å². The third-order valence-corrected chi connectivity index (χ3v) is 9.14. The van der Waals surface area contributed by atoms with Crippen LogP contribution in [0.5, 0.6) is 0 Å². The van der Waals surface area contributed by atoms with Crippen LogP contribution < -0.4 is 10.6 Å². The van der Waals surface area contributed by atoms with Crippen molar-refractivity contribution in [1.82, 2.24) is 19.9 Å². The van der Waals surface area contributed by atoms with Gasteiger partial charge in [-0.15, -0.1) is 0 Å².